The van der Waals surface area contributed by atoms with E-state index in [-0.39, 0.29) is 0 Å². The van der Waals surface area contributed by atoms with E-state index in [1.54, 1.807) is 0 Å². The summed E-state index contributed by atoms with van der Waals surface area (Å²) in [5.41, 5.74) is -0.910. The molecule has 1 nitrogen and oxygen atoms in total. The van der Waals surface area contributed by atoms with Gasteiger partial charge >= 0.3 is 0 Å². The van der Waals surface area contributed by atoms with Crippen LogP contribution in [0.5, 0.6) is 0 Å². The van der Waals surface area contributed by atoms with Crippen LogP contribution in [0.25, 0.3) is 0 Å². The predicted octanol–water partition coefficient (Wildman–Crippen LogP) is 1.40. The van der Waals surface area contributed by atoms with Crippen LogP contribution in [0.2, 0.25) is 0 Å². The second-order valence-electron chi connectivity index (χ2n) is 2.87. The molecule has 0 aromatic rings. The first-order chi connectivity index (χ1) is 4.77. The molecule has 1 aliphatic rings. The molecular weight excluding hydrogens is 149 g/mol. The van der Waals surface area contributed by atoms with Gasteiger partial charge < -0.3 is 5.32 Å². The van der Waals surface area contributed by atoms with E-state index in [0.717, 1.165) is 13.1 Å². The van der Waals surface area contributed by atoms with Crippen molar-refractivity contribution in [3.63, 3.8) is 0 Å². The Labute approximate surface area is 66.8 Å². The Bertz CT molecular complexity index is 96.3. The fourth-order valence-corrected chi connectivity index (χ4v) is 1.73. The average Bonchev–Trinajstić information content (AvgIpc) is 1.89. The summed E-state index contributed by atoms with van der Waals surface area (Å²) in [5, 5.41) is 3.13. The molecule has 1 N–H and O–H groups in total. The Hall–Kier alpha value is 0.240. The standard InChI is InChI=1S/C7H14FNS/c8-7(3-6-10)1-4-9-5-2-7/h9-10H,1-6H2. The van der Waals surface area contributed by atoms with Gasteiger partial charge in [-0.05, 0) is 38.1 Å². The van der Waals surface area contributed by atoms with Gasteiger partial charge in [0, 0.05) is 0 Å². The normalized spacial score (nSPS) is 24.6. The number of thiol groups is 1. The lowest BCUT2D eigenvalue weighted by molar-refractivity contribution is 0.113. The molecule has 1 heterocycles. The number of hydrogen-bond donors (Lipinski definition) is 2. The van der Waals surface area contributed by atoms with E-state index in [0.29, 0.717) is 25.0 Å². The molecule has 10 heavy (non-hydrogen) atoms. The summed E-state index contributed by atoms with van der Waals surface area (Å²) in [4.78, 5) is 0. The van der Waals surface area contributed by atoms with Gasteiger partial charge in [0.25, 0.3) is 0 Å². The summed E-state index contributed by atoms with van der Waals surface area (Å²) in [6.45, 7) is 1.65. The summed E-state index contributed by atoms with van der Waals surface area (Å²) in [6, 6.07) is 0. The number of rotatable bonds is 2. The van der Waals surface area contributed by atoms with E-state index in [9.17, 15) is 4.39 Å². The number of halogens is 1. The topological polar surface area (TPSA) is 12.0 Å². The number of hydrogen-bond acceptors (Lipinski definition) is 2. The van der Waals surface area contributed by atoms with Crippen molar-refractivity contribution in [1.82, 2.24) is 5.32 Å². The summed E-state index contributed by atoms with van der Waals surface area (Å²) < 4.78 is 13.5. The van der Waals surface area contributed by atoms with Crippen molar-refractivity contribution in [2.45, 2.75) is 24.9 Å². The molecule has 60 valence electrons. The molecule has 0 saturated carbocycles. The van der Waals surface area contributed by atoms with E-state index >= 15 is 0 Å². The number of piperidine rings is 1. The summed E-state index contributed by atoms with van der Waals surface area (Å²) >= 11 is 4.02. The third-order valence-corrected chi connectivity index (χ3v) is 2.28. The minimum Gasteiger partial charge on any atom is -0.316 e. The second kappa shape index (κ2) is 3.58. The van der Waals surface area contributed by atoms with Gasteiger partial charge in [0.15, 0.2) is 0 Å². The zero-order valence-electron chi connectivity index (χ0n) is 6.07. The van der Waals surface area contributed by atoms with Gasteiger partial charge in [-0.15, -0.1) is 0 Å². The molecule has 0 bridgehead atoms. The molecule has 3 heteroatoms. The zero-order valence-corrected chi connectivity index (χ0v) is 6.96. The molecule has 0 amide bonds. The van der Waals surface area contributed by atoms with E-state index in [1.807, 2.05) is 0 Å². The number of nitrogens with one attached hydrogen (secondary N) is 1. The second-order valence-corrected chi connectivity index (χ2v) is 3.32. The highest BCUT2D eigenvalue weighted by Crippen LogP contribution is 2.26. The molecule has 0 aromatic carbocycles. The van der Waals surface area contributed by atoms with Crippen molar-refractivity contribution in [1.29, 1.82) is 0 Å². The van der Waals surface area contributed by atoms with Gasteiger partial charge in [-0.3, -0.25) is 0 Å². The summed E-state index contributed by atoms with van der Waals surface area (Å²) in [7, 11) is 0. The van der Waals surface area contributed by atoms with Gasteiger partial charge in [0.2, 0.25) is 0 Å². The van der Waals surface area contributed by atoms with Crippen LogP contribution in [0.3, 0.4) is 0 Å². The highest BCUT2D eigenvalue weighted by Gasteiger charge is 2.30. The molecule has 0 radical (unpaired) electrons. The summed E-state index contributed by atoms with van der Waals surface area (Å²) in [6.07, 6.45) is 1.93. The molecule has 0 aliphatic carbocycles. The van der Waals surface area contributed by atoms with Crippen molar-refractivity contribution >= 4 is 12.6 Å². The van der Waals surface area contributed by atoms with Gasteiger partial charge in [0.1, 0.15) is 5.67 Å². The minimum atomic E-state index is -0.910. The maximum absolute atomic E-state index is 13.5. The van der Waals surface area contributed by atoms with E-state index < -0.39 is 5.67 Å². The molecule has 0 spiro atoms. The summed E-state index contributed by atoms with van der Waals surface area (Å²) in [5.74, 6) is 0.663. The Morgan fingerprint density at radius 2 is 2.00 bits per heavy atom. The smallest absolute Gasteiger partial charge is 0.114 e. The van der Waals surface area contributed by atoms with Crippen LogP contribution in [0.4, 0.5) is 4.39 Å². The quantitative estimate of drug-likeness (QED) is 0.586. The molecule has 1 fully saturated rings. The lowest BCUT2D eigenvalue weighted by Gasteiger charge is -2.29. The van der Waals surface area contributed by atoms with Gasteiger partial charge in [-0.25, -0.2) is 4.39 Å². The van der Waals surface area contributed by atoms with Crippen LogP contribution >= 0.6 is 12.6 Å². The van der Waals surface area contributed by atoms with Gasteiger partial charge in [0.05, 0.1) is 0 Å². The molecule has 1 saturated heterocycles. The van der Waals surface area contributed by atoms with Crippen LogP contribution in [-0.4, -0.2) is 24.5 Å². The molecule has 1 rings (SSSR count). The monoisotopic (exact) mass is 163 g/mol. The lowest BCUT2D eigenvalue weighted by Crippen LogP contribution is -2.38. The highest BCUT2D eigenvalue weighted by molar-refractivity contribution is 7.80. The van der Waals surface area contributed by atoms with Crippen LogP contribution < -0.4 is 5.32 Å². The van der Waals surface area contributed by atoms with Crippen LogP contribution in [0.1, 0.15) is 19.3 Å². The lowest BCUT2D eigenvalue weighted by atomic mass is 9.92. The molecular formula is C7H14FNS. The van der Waals surface area contributed by atoms with E-state index in [1.165, 1.54) is 0 Å². The van der Waals surface area contributed by atoms with Crippen molar-refractivity contribution < 1.29 is 4.39 Å². The van der Waals surface area contributed by atoms with Gasteiger partial charge in [-0.2, -0.15) is 12.6 Å². The molecule has 0 unspecified atom stereocenters. The first-order valence-electron chi connectivity index (χ1n) is 3.77. The fourth-order valence-electron chi connectivity index (χ4n) is 1.33. The Morgan fingerprint density at radius 1 is 1.40 bits per heavy atom. The number of alkyl halides is 1. The highest BCUT2D eigenvalue weighted by atomic mass is 32.1. The fraction of sp³-hybridized carbons (Fsp3) is 1.00. The van der Waals surface area contributed by atoms with Crippen LogP contribution in [-0.2, 0) is 0 Å². The van der Waals surface area contributed by atoms with Crippen molar-refractivity contribution in [3.05, 3.63) is 0 Å². The maximum atomic E-state index is 13.5. The Morgan fingerprint density at radius 3 is 2.50 bits per heavy atom. The average molecular weight is 163 g/mol. The minimum absolute atomic E-state index is 0.609. The van der Waals surface area contributed by atoms with Crippen molar-refractivity contribution in [3.8, 4) is 0 Å². The van der Waals surface area contributed by atoms with E-state index in [2.05, 4.69) is 17.9 Å². The zero-order chi connectivity index (χ0) is 7.45. The first-order valence-corrected chi connectivity index (χ1v) is 4.41. The SMILES string of the molecule is FC1(CCS)CCNCC1. The van der Waals surface area contributed by atoms with Crippen LogP contribution in [0.15, 0.2) is 0 Å². The van der Waals surface area contributed by atoms with Gasteiger partial charge in [-0.1, -0.05) is 0 Å². The molecule has 0 aromatic heterocycles. The van der Waals surface area contributed by atoms with Crippen LogP contribution in [0, 0.1) is 0 Å². The maximum Gasteiger partial charge on any atom is 0.114 e. The Kier molecular flexibility index (Phi) is 2.98. The van der Waals surface area contributed by atoms with E-state index in [4.69, 9.17) is 0 Å². The first kappa shape index (κ1) is 8.34. The molecule has 0 atom stereocenters. The largest absolute Gasteiger partial charge is 0.316 e. The van der Waals surface area contributed by atoms with Crippen molar-refractivity contribution in [2.75, 3.05) is 18.8 Å². The Balaban J connectivity index is 2.32. The predicted molar refractivity (Wildman–Crippen MR) is 44.4 cm³/mol. The third-order valence-electron chi connectivity index (χ3n) is 2.06. The third kappa shape index (κ3) is 2.13. The molecule has 1 aliphatic heterocycles. The van der Waals surface area contributed by atoms with Crippen molar-refractivity contribution in [2.24, 2.45) is 0 Å².